The van der Waals surface area contributed by atoms with E-state index >= 15 is 0 Å². The van der Waals surface area contributed by atoms with Crippen LogP contribution in [0.2, 0.25) is 0 Å². The Morgan fingerprint density at radius 2 is 2.32 bits per heavy atom. The van der Waals surface area contributed by atoms with E-state index in [1.54, 1.807) is 29.2 Å². The topological polar surface area (TPSA) is 135 Å². The number of ether oxygens (including phenoxy) is 1. The van der Waals surface area contributed by atoms with Gasteiger partial charge in [0.15, 0.2) is 17.0 Å². The standard InChI is InChI=1S/C15H23N7O3/c1-21(20-5-3-2-4-16)14-13-15(18-8-17-14)22(9-19-13)12-6-10(24)11(7-23)25-12/h5,8-12,23-24H,2-4,6-7,16H2,1H3/t10-,11+,12+/m0/s1. The van der Waals surface area contributed by atoms with E-state index in [1.165, 1.54) is 6.33 Å². The van der Waals surface area contributed by atoms with Gasteiger partial charge < -0.3 is 20.7 Å². The number of nitrogens with two attached hydrogens (primary N) is 1. The normalized spacial score (nSPS) is 23.8. The van der Waals surface area contributed by atoms with Gasteiger partial charge in [-0.1, -0.05) is 0 Å². The Bertz CT molecular complexity index is 735. The largest absolute Gasteiger partial charge is 0.394 e. The Labute approximate surface area is 145 Å². The lowest BCUT2D eigenvalue weighted by atomic mass is 10.2. The first-order valence-corrected chi connectivity index (χ1v) is 8.23. The summed E-state index contributed by atoms with van der Waals surface area (Å²) in [6.07, 6.45) is 5.12. The summed E-state index contributed by atoms with van der Waals surface area (Å²) in [6.45, 7) is 0.394. The number of hydrogen-bond donors (Lipinski definition) is 3. The summed E-state index contributed by atoms with van der Waals surface area (Å²) in [5.41, 5.74) is 6.65. The summed E-state index contributed by atoms with van der Waals surface area (Å²) in [6, 6.07) is 0. The van der Waals surface area contributed by atoms with Crippen LogP contribution in [0.4, 0.5) is 5.82 Å². The van der Waals surface area contributed by atoms with Gasteiger partial charge in [0.25, 0.3) is 0 Å². The maximum atomic E-state index is 9.93. The second kappa shape index (κ2) is 7.83. The van der Waals surface area contributed by atoms with E-state index in [1.807, 2.05) is 0 Å². The van der Waals surface area contributed by atoms with Crippen molar-refractivity contribution in [3.63, 3.8) is 0 Å². The molecule has 10 heteroatoms. The molecule has 1 saturated heterocycles. The van der Waals surface area contributed by atoms with Gasteiger partial charge in [0.1, 0.15) is 18.7 Å². The van der Waals surface area contributed by atoms with Gasteiger partial charge in [-0.05, 0) is 19.4 Å². The molecule has 136 valence electrons. The molecular formula is C15H23N7O3. The number of unbranched alkanes of at least 4 members (excludes halogenated alkanes) is 1. The van der Waals surface area contributed by atoms with E-state index in [4.69, 9.17) is 10.5 Å². The van der Waals surface area contributed by atoms with E-state index in [0.717, 1.165) is 12.8 Å². The average molecular weight is 349 g/mol. The lowest BCUT2D eigenvalue weighted by Crippen LogP contribution is -2.24. The highest BCUT2D eigenvalue weighted by Gasteiger charge is 2.35. The predicted molar refractivity (Wildman–Crippen MR) is 92.1 cm³/mol. The molecule has 1 fully saturated rings. The fourth-order valence-electron chi connectivity index (χ4n) is 2.78. The number of imidazole rings is 1. The summed E-state index contributed by atoms with van der Waals surface area (Å²) in [7, 11) is 1.79. The molecule has 1 aliphatic rings. The fourth-order valence-corrected chi connectivity index (χ4v) is 2.78. The third kappa shape index (κ3) is 3.61. The lowest BCUT2D eigenvalue weighted by molar-refractivity contribution is -0.0432. The van der Waals surface area contributed by atoms with Gasteiger partial charge in [0.2, 0.25) is 0 Å². The number of hydrazone groups is 1. The number of aromatic nitrogens is 4. The van der Waals surface area contributed by atoms with Crippen LogP contribution in [0.25, 0.3) is 11.2 Å². The van der Waals surface area contributed by atoms with Crippen molar-refractivity contribution in [3.05, 3.63) is 12.7 Å². The number of aliphatic hydroxyl groups excluding tert-OH is 2. The van der Waals surface area contributed by atoms with E-state index in [-0.39, 0.29) is 6.61 Å². The second-order valence-corrected chi connectivity index (χ2v) is 5.89. The molecule has 2 aromatic rings. The molecule has 0 unspecified atom stereocenters. The Hall–Kier alpha value is -2.14. The molecule has 3 heterocycles. The van der Waals surface area contributed by atoms with Crippen LogP contribution in [-0.2, 0) is 4.74 Å². The average Bonchev–Trinajstić information content (AvgIpc) is 3.21. The quantitative estimate of drug-likeness (QED) is 0.350. The Morgan fingerprint density at radius 1 is 1.48 bits per heavy atom. The number of aliphatic hydroxyl groups is 2. The van der Waals surface area contributed by atoms with Crippen molar-refractivity contribution in [2.75, 3.05) is 25.2 Å². The van der Waals surface area contributed by atoms with E-state index < -0.39 is 18.4 Å². The molecule has 0 aromatic carbocycles. The molecule has 10 nitrogen and oxygen atoms in total. The van der Waals surface area contributed by atoms with Gasteiger partial charge in [0.05, 0.1) is 19.0 Å². The van der Waals surface area contributed by atoms with E-state index in [2.05, 4.69) is 20.1 Å². The van der Waals surface area contributed by atoms with Crippen LogP contribution in [-0.4, -0.2) is 68.4 Å². The molecule has 0 aliphatic carbocycles. The highest BCUT2D eigenvalue weighted by Crippen LogP contribution is 2.31. The van der Waals surface area contributed by atoms with Gasteiger partial charge >= 0.3 is 0 Å². The van der Waals surface area contributed by atoms with Crippen molar-refractivity contribution in [1.82, 2.24) is 19.5 Å². The molecule has 3 atom stereocenters. The van der Waals surface area contributed by atoms with Crippen molar-refractivity contribution in [2.45, 2.75) is 37.7 Å². The van der Waals surface area contributed by atoms with Crippen LogP contribution in [0.15, 0.2) is 17.8 Å². The zero-order chi connectivity index (χ0) is 17.8. The highest BCUT2D eigenvalue weighted by atomic mass is 16.5. The van der Waals surface area contributed by atoms with Crippen LogP contribution >= 0.6 is 0 Å². The van der Waals surface area contributed by atoms with Crippen molar-refractivity contribution in [2.24, 2.45) is 10.8 Å². The molecule has 4 N–H and O–H groups in total. The van der Waals surface area contributed by atoms with E-state index in [0.29, 0.717) is 29.9 Å². The molecule has 1 aliphatic heterocycles. The first-order valence-electron chi connectivity index (χ1n) is 8.23. The third-order valence-electron chi connectivity index (χ3n) is 4.13. The minimum absolute atomic E-state index is 0.231. The lowest BCUT2D eigenvalue weighted by Gasteiger charge is -2.14. The van der Waals surface area contributed by atoms with Crippen molar-refractivity contribution >= 4 is 23.2 Å². The summed E-state index contributed by atoms with van der Waals surface area (Å²) >= 11 is 0. The van der Waals surface area contributed by atoms with E-state index in [9.17, 15) is 10.2 Å². The van der Waals surface area contributed by atoms with Crippen LogP contribution in [0, 0.1) is 0 Å². The molecule has 0 radical (unpaired) electrons. The van der Waals surface area contributed by atoms with Crippen LogP contribution in [0.5, 0.6) is 0 Å². The summed E-state index contributed by atoms with van der Waals surface area (Å²) in [5.74, 6) is 0.574. The first-order chi connectivity index (χ1) is 12.2. The van der Waals surface area contributed by atoms with Crippen LogP contribution < -0.4 is 10.7 Å². The maximum Gasteiger partial charge on any atom is 0.180 e. The second-order valence-electron chi connectivity index (χ2n) is 5.89. The maximum absolute atomic E-state index is 9.93. The smallest absolute Gasteiger partial charge is 0.180 e. The predicted octanol–water partition coefficient (Wildman–Crippen LogP) is -0.372. The van der Waals surface area contributed by atoms with Gasteiger partial charge in [-0.2, -0.15) is 5.10 Å². The zero-order valence-corrected chi connectivity index (χ0v) is 14.1. The van der Waals surface area contributed by atoms with Gasteiger partial charge in [-0.25, -0.2) is 20.0 Å². The first kappa shape index (κ1) is 17.7. The molecule has 0 spiro atoms. The molecule has 0 amide bonds. The third-order valence-corrected chi connectivity index (χ3v) is 4.13. The van der Waals surface area contributed by atoms with Gasteiger partial charge in [0, 0.05) is 19.7 Å². The minimum Gasteiger partial charge on any atom is -0.394 e. The zero-order valence-electron chi connectivity index (χ0n) is 14.1. The Balaban J connectivity index is 1.84. The minimum atomic E-state index is -0.719. The molecule has 0 bridgehead atoms. The number of fused-ring (bicyclic) bond motifs is 1. The summed E-state index contributed by atoms with van der Waals surface area (Å²) < 4.78 is 7.42. The highest BCUT2D eigenvalue weighted by molar-refractivity contribution is 5.83. The van der Waals surface area contributed by atoms with Crippen molar-refractivity contribution in [3.8, 4) is 0 Å². The van der Waals surface area contributed by atoms with Crippen LogP contribution in [0.3, 0.4) is 0 Å². The number of hydrogen-bond acceptors (Lipinski definition) is 9. The number of rotatable bonds is 7. The monoisotopic (exact) mass is 349 g/mol. The Morgan fingerprint density at radius 3 is 3.04 bits per heavy atom. The summed E-state index contributed by atoms with van der Waals surface area (Å²) in [5, 5.41) is 25.1. The Kier molecular flexibility index (Phi) is 5.53. The molecule has 0 saturated carbocycles. The van der Waals surface area contributed by atoms with Gasteiger partial charge in [-0.3, -0.25) is 4.57 Å². The summed E-state index contributed by atoms with van der Waals surface area (Å²) in [4.78, 5) is 12.9. The van der Waals surface area contributed by atoms with Gasteiger partial charge in [-0.15, -0.1) is 0 Å². The SMILES string of the molecule is CN(N=CCCCN)c1ncnc2c1ncn2[C@H]1C[C@H](O)[C@@H](CO)O1. The molecule has 25 heavy (non-hydrogen) atoms. The molecule has 3 rings (SSSR count). The number of nitrogens with zero attached hydrogens (tertiary/aromatic N) is 6. The van der Waals surface area contributed by atoms with Crippen molar-refractivity contribution < 1.29 is 14.9 Å². The molecule has 2 aromatic heterocycles. The molecular weight excluding hydrogens is 326 g/mol. The fraction of sp³-hybridized carbons (Fsp3) is 0.600. The van der Waals surface area contributed by atoms with Crippen LogP contribution in [0.1, 0.15) is 25.5 Å². The number of anilines is 1. The van der Waals surface area contributed by atoms with Crippen molar-refractivity contribution in [1.29, 1.82) is 0 Å².